The van der Waals surface area contributed by atoms with E-state index in [9.17, 15) is 4.79 Å². The molecule has 0 saturated heterocycles. The summed E-state index contributed by atoms with van der Waals surface area (Å²) in [5.74, 6) is 0. The molecule has 1 N–H and O–H groups in total. The van der Waals surface area contributed by atoms with Crippen molar-refractivity contribution in [3.63, 3.8) is 0 Å². The van der Waals surface area contributed by atoms with Gasteiger partial charge in [0, 0.05) is 11.3 Å². The van der Waals surface area contributed by atoms with Gasteiger partial charge in [0.05, 0.1) is 5.69 Å². The molecular formula is C16H20N2O. The molecular weight excluding hydrogens is 236 g/mol. The highest BCUT2D eigenvalue weighted by atomic mass is 16.1. The molecule has 0 saturated carbocycles. The van der Waals surface area contributed by atoms with Gasteiger partial charge in [0.25, 0.3) is 5.56 Å². The van der Waals surface area contributed by atoms with Gasteiger partial charge in [-0.2, -0.15) is 0 Å². The molecule has 100 valence electrons. The van der Waals surface area contributed by atoms with E-state index in [0.717, 1.165) is 47.3 Å². The predicted molar refractivity (Wildman–Crippen MR) is 77.2 cm³/mol. The maximum absolute atomic E-state index is 12.5. The number of hydrogen-bond acceptors (Lipinski definition) is 1. The third-order valence-electron chi connectivity index (χ3n) is 4.03. The van der Waals surface area contributed by atoms with E-state index in [1.165, 1.54) is 12.0 Å². The second-order valence-corrected chi connectivity index (χ2v) is 5.66. The maximum Gasteiger partial charge on any atom is 0.274 e. The molecule has 0 fully saturated rings. The number of rotatable bonds is 1. The van der Waals surface area contributed by atoms with Crippen LogP contribution in [-0.2, 0) is 12.8 Å². The Hall–Kier alpha value is -1.77. The topological polar surface area (TPSA) is 37.8 Å². The monoisotopic (exact) mass is 256 g/mol. The molecule has 3 heteroatoms. The fraction of sp³-hybridized carbons (Fsp3) is 0.438. The lowest BCUT2D eigenvalue weighted by Crippen LogP contribution is -2.19. The van der Waals surface area contributed by atoms with Crippen molar-refractivity contribution in [2.75, 3.05) is 0 Å². The lowest BCUT2D eigenvalue weighted by atomic mass is 9.98. The van der Waals surface area contributed by atoms with Crippen LogP contribution in [0.3, 0.4) is 0 Å². The summed E-state index contributed by atoms with van der Waals surface area (Å²) in [6.07, 6.45) is 4.23. The van der Waals surface area contributed by atoms with Crippen molar-refractivity contribution >= 4 is 0 Å². The summed E-state index contributed by atoms with van der Waals surface area (Å²) in [5, 5.41) is 3.32. The van der Waals surface area contributed by atoms with E-state index in [1.807, 2.05) is 0 Å². The number of aromatic nitrogens is 2. The minimum atomic E-state index is 0.143. The Bertz CT molecular complexity index is 668. The zero-order valence-corrected chi connectivity index (χ0v) is 11.8. The SMILES string of the molecule is Cc1cc(C)c(-n2[nH]c3c(c2=O)CCCC3)c(C)c1. The van der Waals surface area contributed by atoms with Crippen molar-refractivity contribution in [3.8, 4) is 5.69 Å². The third-order valence-corrected chi connectivity index (χ3v) is 4.03. The Kier molecular flexibility index (Phi) is 2.85. The molecule has 0 amide bonds. The van der Waals surface area contributed by atoms with Crippen LogP contribution in [0.5, 0.6) is 0 Å². The summed E-state index contributed by atoms with van der Waals surface area (Å²) in [4.78, 5) is 12.5. The minimum Gasteiger partial charge on any atom is -0.295 e. The molecule has 3 rings (SSSR count). The average Bonchev–Trinajstić information content (AvgIpc) is 2.66. The molecule has 1 aliphatic rings. The van der Waals surface area contributed by atoms with Crippen molar-refractivity contribution < 1.29 is 0 Å². The fourth-order valence-corrected chi connectivity index (χ4v) is 3.27. The van der Waals surface area contributed by atoms with Crippen LogP contribution in [0.2, 0.25) is 0 Å². The van der Waals surface area contributed by atoms with Gasteiger partial charge in [0.15, 0.2) is 0 Å². The van der Waals surface area contributed by atoms with Gasteiger partial charge in [0.2, 0.25) is 0 Å². The smallest absolute Gasteiger partial charge is 0.274 e. The lowest BCUT2D eigenvalue weighted by molar-refractivity contribution is 0.670. The van der Waals surface area contributed by atoms with E-state index < -0.39 is 0 Å². The molecule has 19 heavy (non-hydrogen) atoms. The molecule has 2 aromatic rings. The van der Waals surface area contributed by atoms with Crippen LogP contribution >= 0.6 is 0 Å². The predicted octanol–water partition coefficient (Wildman–Crippen LogP) is 2.97. The molecule has 1 aromatic heterocycles. The van der Waals surface area contributed by atoms with Crippen molar-refractivity contribution in [2.45, 2.75) is 46.5 Å². The lowest BCUT2D eigenvalue weighted by Gasteiger charge is -2.11. The van der Waals surface area contributed by atoms with Gasteiger partial charge in [0.1, 0.15) is 0 Å². The number of benzene rings is 1. The number of hydrogen-bond donors (Lipinski definition) is 1. The van der Waals surface area contributed by atoms with Crippen LogP contribution in [0.4, 0.5) is 0 Å². The molecule has 0 spiro atoms. The Labute approximate surface area is 113 Å². The quantitative estimate of drug-likeness (QED) is 0.837. The molecule has 0 radical (unpaired) electrons. The summed E-state index contributed by atoms with van der Waals surface area (Å²) >= 11 is 0. The minimum absolute atomic E-state index is 0.143. The fourth-order valence-electron chi connectivity index (χ4n) is 3.27. The Morgan fingerprint density at radius 1 is 1.05 bits per heavy atom. The van der Waals surface area contributed by atoms with E-state index in [2.05, 4.69) is 38.0 Å². The standard InChI is InChI=1S/C16H20N2O/c1-10-8-11(2)15(12(3)9-10)18-16(19)13-6-4-5-7-14(13)17-18/h8-9,17H,4-7H2,1-3H3. The molecule has 3 nitrogen and oxygen atoms in total. The maximum atomic E-state index is 12.5. The molecule has 0 aliphatic heterocycles. The van der Waals surface area contributed by atoms with Gasteiger partial charge >= 0.3 is 0 Å². The third kappa shape index (κ3) is 1.93. The van der Waals surface area contributed by atoms with Gasteiger partial charge in [-0.1, -0.05) is 17.7 Å². The van der Waals surface area contributed by atoms with E-state index in [1.54, 1.807) is 4.68 Å². The normalized spacial score (nSPS) is 14.5. The van der Waals surface area contributed by atoms with Crippen molar-refractivity contribution in [3.05, 3.63) is 50.4 Å². The highest BCUT2D eigenvalue weighted by Gasteiger charge is 2.19. The Balaban J connectivity index is 2.23. The summed E-state index contributed by atoms with van der Waals surface area (Å²) in [7, 11) is 0. The van der Waals surface area contributed by atoms with Crippen molar-refractivity contribution in [1.82, 2.24) is 9.78 Å². The van der Waals surface area contributed by atoms with Gasteiger partial charge in [-0.05, 0) is 57.6 Å². The van der Waals surface area contributed by atoms with Crippen molar-refractivity contribution in [2.24, 2.45) is 0 Å². The molecule has 0 atom stereocenters. The van der Waals surface area contributed by atoms with Gasteiger partial charge in [-0.3, -0.25) is 9.89 Å². The first-order chi connectivity index (χ1) is 9.08. The van der Waals surface area contributed by atoms with Crippen LogP contribution in [-0.4, -0.2) is 9.78 Å². The first kappa shape index (κ1) is 12.3. The first-order valence-electron chi connectivity index (χ1n) is 6.99. The molecule has 1 aliphatic carbocycles. The number of nitrogens with zero attached hydrogens (tertiary/aromatic N) is 1. The largest absolute Gasteiger partial charge is 0.295 e. The zero-order chi connectivity index (χ0) is 13.6. The van der Waals surface area contributed by atoms with Crippen LogP contribution in [0.25, 0.3) is 5.69 Å². The van der Waals surface area contributed by atoms with E-state index in [0.29, 0.717) is 0 Å². The van der Waals surface area contributed by atoms with Crippen LogP contribution in [0.1, 0.15) is 40.8 Å². The van der Waals surface area contributed by atoms with Gasteiger partial charge < -0.3 is 0 Å². The molecule has 0 bridgehead atoms. The molecule has 0 unspecified atom stereocenters. The van der Waals surface area contributed by atoms with Gasteiger partial charge in [-0.25, -0.2) is 4.68 Å². The summed E-state index contributed by atoms with van der Waals surface area (Å²) < 4.78 is 1.75. The number of aromatic amines is 1. The number of fused-ring (bicyclic) bond motifs is 1. The first-order valence-corrected chi connectivity index (χ1v) is 6.99. The number of aryl methyl sites for hydroxylation is 4. The second-order valence-electron chi connectivity index (χ2n) is 5.66. The van der Waals surface area contributed by atoms with Gasteiger partial charge in [-0.15, -0.1) is 0 Å². The molecule has 1 heterocycles. The number of H-pyrrole nitrogens is 1. The number of nitrogens with one attached hydrogen (secondary N) is 1. The van der Waals surface area contributed by atoms with E-state index in [4.69, 9.17) is 0 Å². The average molecular weight is 256 g/mol. The van der Waals surface area contributed by atoms with Crippen molar-refractivity contribution in [1.29, 1.82) is 0 Å². The van der Waals surface area contributed by atoms with E-state index in [-0.39, 0.29) is 5.56 Å². The van der Waals surface area contributed by atoms with Crippen LogP contribution in [0.15, 0.2) is 16.9 Å². The second kappa shape index (κ2) is 4.41. The molecule has 1 aromatic carbocycles. The highest BCUT2D eigenvalue weighted by Crippen LogP contribution is 2.22. The Morgan fingerprint density at radius 2 is 1.68 bits per heavy atom. The summed E-state index contributed by atoms with van der Waals surface area (Å²) in [5.41, 5.74) is 6.83. The van der Waals surface area contributed by atoms with Crippen LogP contribution < -0.4 is 5.56 Å². The highest BCUT2D eigenvalue weighted by molar-refractivity contribution is 5.49. The Morgan fingerprint density at radius 3 is 2.32 bits per heavy atom. The van der Waals surface area contributed by atoms with E-state index >= 15 is 0 Å². The van der Waals surface area contributed by atoms with Crippen LogP contribution in [0, 0.1) is 20.8 Å². The summed E-state index contributed by atoms with van der Waals surface area (Å²) in [6.45, 7) is 6.23. The zero-order valence-electron chi connectivity index (χ0n) is 11.8. The summed E-state index contributed by atoms with van der Waals surface area (Å²) in [6, 6.07) is 4.27.